The summed E-state index contributed by atoms with van der Waals surface area (Å²) in [7, 11) is 0. The van der Waals surface area contributed by atoms with E-state index in [1.54, 1.807) is 0 Å². The lowest BCUT2D eigenvalue weighted by Crippen LogP contribution is -2.14. The van der Waals surface area contributed by atoms with Crippen LogP contribution >= 0.6 is 22.6 Å². The van der Waals surface area contributed by atoms with Crippen LogP contribution in [-0.2, 0) is 4.74 Å². The smallest absolute Gasteiger partial charge is 0.123 e. The lowest BCUT2D eigenvalue weighted by Gasteiger charge is -2.20. The van der Waals surface area contributed by atoms with Gasteiger partial charge in [0.15, 0.2) is 0 Å². The largest absolute Gasteiger partial charge is 0.372 e. The van der Waals surface area contributed by atoms with Crippen LogP contribution < -0.4 is 0 Å². The van der Waals surface area contributed by atoms with Crippen molar-refractivity contribution >= 4 is 22.6 Å². The normalized spacial score (nSPS) is 14.3. The van der Waals surface area contributed by atoms with Gasteiger partial charge in [0, 0.05) is 4.43 Å². The van der Waals surface area contributed by atoms with Crippen LogP contribution in [0.1, 0.15) is 51.2 Å². The summed E-state index contributed by atoms with van der Waals surface area (Å²) in [6.07, 6.45) is 5.00. The van der Waals surface area contributed by atoms with E-state index in [-0.39, 0.29) is 11.9 Å². The minimum atomic E-state index is -0.190. The molecule has 0 heterocycles. The van der Waals surface area contributed by atoms with Crippen LogP contribution in [-0.4, -0.2) is 11.0 Å². The number of halogens is 2. The lowest BCUT2D eigenvalue weighted by atomic mass is 10.0. The van der Waals surface area contributed by atoms with E-state index in [1.807, 2.05) is 12.1 Å². The Morgan fingerprint density at radius 2 is 1.89 bits per heavy atom. The summed E-state index contributed by atoms with van der Waals surface area (Å²) in [5, 5.41) is 0. The fourth-order valence-corrected chi connectivity index (χ4v) is 2.82. The van der Waals surface area contributed by atoms with Crippen molar-refractivity contribution in [3.05, 3.63) is 35.6 Å². The van der Waals surface area contributed by atoms with Crippen LogP contribution in [0.15, 0.2) is 24.3 Å². The zero-order valence-electron chi connectivity index (χ0n) is 11.9. The highest BCUT2D eigenvalue weighted by Crippen LogP contribution is 2.23. The van der Waals surface area contributed by atoms with Gasteiger partial charge in [0.05, 0.1) is 12.7 Å². The van der Waals surface area contributed by atoms with E-state index in [1.165, 1.54) is 31.4 Å². The molecule has 0 saturated heterocycles. The second-order valence-electron chi connectivity index (χ2n) is 4.94. The molecule has 0 aliphatic heterocycles. The Morgan fingerprint density at radius 3 is 2.42 bits per heavy atom. The summed E-state index contributed by atoms with van der Waals surface area (Å²) in [4.78, 5) is 0. The van der Waals surface area contributed by atoms with Gasteiger partial charge in [-0.25, -0.2) is 4.39 Å². The van der Waals surface area contributed by atoms with Crippen LogP contribution in [0.3, 0.4) is 0 Å². The van der Waals surface area contributed by atoms with Gasteiger partial charge < -0.3 is 4.74 Å². The van der Waals surface area contributed by atoms with Crippen molar-refractivity contribution in [3.8, 4) is 0 Å². The van der Waals surface area contributed by atoms with Gasteiger partial charge >= 0.3 is 0 Å². The van der Waals surface area contributed by atoms with E-state index in [0.717, 1.165) is 23.0 Å². The van der Waals surface area contributed by atoms with Crippen LogP contribution in [0.4, 0.5) is 4.39 Å². The first-order chi connectivity index (χ1) is 9.21. The first kappa shape index (κ1) is 16.9. The third kappa shape index (κ3) is 6.21. The minimum absolute atomic E-state index is 0.0804. The Hall–Kier alpha value is -0.160. The van der Waals surface area contributed by atoms with Crippen molar-refractivity contribution in [2.45, 2.75) is 45.6 Å². The zero-order chi connectivity index (χ0) is 14.1. The van der Waals surface area contributed by atoms with E-state index >= 15 is 0 Å². The molecule has 0 aliphatic carbocycles. The zero-order valence-corrected chi connectivity index (χ0v) is 14.0. The molecular weight excluding hydrogens is 354 g/mol. The summed E-state index contributed by atoms with van der Waals surface area (Å²) in [6, 6.07) is 6.66. The molecule has 0 amide bonds. The van der Waals surface area contributed by atoms with Crippen molar-refractivity contribution in [2.24, 2.45) is 5.92 Å². The fourth-order valence-electron chi connectivity index (χ4n) is 2.06. The number of benzene rings is 1. The molecule has 0 radical (unpaired) electrons. The Balaban J connectivity index is 2.49. The molecule has 0 bridgehead atoms. The fraction of sp³-hybridized carbons (Fsp3) is 0.625. The average Bonchev–Trinajstić information content (AvgIpc) is 2.44. The maximum Gasteiger partial charge on any atom is 0.123 e. The molecular formula is C16H24FIO. The standard InChI is InChI=1S/C16H24FIO/c1-3-5-6-13(4-2)12-19-16(11-18)14-7-9-15(17)10-8-14/h7-10,13,16H,3-6,11-12H2,1-2H3. The quantitative estimate of drug-likeness (QED) is 0.405. The number of ether oxygens (including phenoxy) is 1. The summed E-state index contributed by atoms with van der Waals surface area (Å²) < 4.78 is 19.9. The van der Waals surface area contributed by atoms with Crippen LogP contribution in [0, 0.1) is 11.7 Å². The molecule has 1 aromatic carbocycles. The predicted molar refractivity (Wildman–Crippen MR) is 87.3 cm³/mol. The first-order valence-electron chi connectivity index (χ1n) is 7.14. The second kappa shape index (κ2) is 9.70. The van der Waals surface area contributed by atoms with E-state index < -0.39 is 0 Å². The highest BCUT2D eigenvalue weighted by atomic mass is 127. The molecule has 0 aromatic heterocycles. The van der Waals surface area contributed by atoms with Crippen molar-refractivity contribution in [2.75, 3.05) is 11.0 Å². The van der Waals surface area contributed by atoms with Crippen molar-refractivity contribution in [1.29, 1.82) is 0 Å². The van der Waals surface area contributed by atoms with Gasteiger partial charge in [0.2, 0.25) is 0 Å². The number of hydrogen-bond acceptors (Lipinski definition) is 1. The second-order valence-corrected chi connectivity index (χ2v) is 5.83. The predicted octanol–water partition coefficient (Wildman–Crippen LogP) is 5.53. The molecule has 2 unspecified atom stereocenters. The number of alkyl halides is 1. The SMILES string of the molecule is CCCCC(CC)COC(CI)c1ccc(F)cc1. The molecule has 0 fully saturated rings. The Labute approximate surface area is 130 Å². The number of unbranched alkanes of at least 4 members (excludes halogenated alkanes) is 1. The molecule has 1 rings (SSSR count). The van der Waals surface area contributed by atoms with E-state index in [4.69, 9.17) is 4.74 Å². The molecule has 0 saturated carbocycles. The van der Waals surface area contributed by atoms with Gasteiger partial charge in [-0.1, -0.05) is 67.8 Å². The lowest BCUT2D eigenvalue weighted by molar-refractivity contribution is 0.0402. The first-order valence-corrected chi connectivity index (χ1v) is 8.66. The van der Waals surface area contributed by atoms with Gasteiger partial charge in [-0.05, 0) is 30.0 Å². The Bertz CT molecular complexity index is 339. The Kier molecular flexibility index (Phi) is 8.62. The van der Waals surface area contributed by atoms with E-state index in [2.05, 4.69) is 36.4 Å². The monoisotopic (exact) mass is 378 g/mol. The van der Waals surface area contributed by atoms with E-state index in [9.17, 15) is 4.39 Å². The van der Waals surface area contributed by atoms with Gasteiger partial charge in [-0.15, -0.1) is 0 Å². The highest BCUT2D eigenvalue weighted by molar-refractivity contribution is 14.1. The van der Waals surface area contributed by atoms with Crippen molar-refractivity contribution in [1.82, 2.24) is 0 Å². The molecule has 2 atom stereocenters. The molecule has 0 spiro atoms. The Morgan fingerprint density at radius 1 is 1.21 bits per heavy atom. The summed E-state index contributed by atoms with van der Waals surface area (Å²) >= 11 is 2.33. The van der Waals surface area contributed by atoms with E-state index in [0.29, 0.717) is 5.92 Å². The summed E-state index contributed by atoms with van der Waals surface area (Å²) in [5.41, 5.74) is 1.07. The number of rotatable bonds is 9. The average molecular weight is 378 g/mol. The third-order valence-corrected chi connectivity index (χ3v) is 4.26. The molecule has 0 aliphatic rings. The summed E-state index contributed by atoms with van der Waals surface area (Å²) in [5.74, 6) is 0.455. The molecule has 0 N–H and O–H groups in total. The van der Waals surface area contributed by atoms with Gasteiger partial charge in [0.25, 0.3) is 0 Å². The maximum atomic E-state index is 12.9. The molecule has 19 heavy (non-hydrogen) atoms. The number of hydrogen-bond donors (Lipinski definition) is 0. The third-order valence-electron chi connectivity index (χ3n) is 3.46. The topological polar surface area (TPSA) is 9.23 Å². The van der Waals surface area contributed by atoms with Crippen molar-refractivity contribution < 1.29 is 9.13 Å². The highest BCUT2D eigenvalue weighted by Gasteiger charge is 2.13. The molecule has 3 heteroatoms. The van der Waals surface area contributed by atoms with Gasteiger partial charge in [0.1, 0.15) is 5.82 Å². The minimum Gasteiger partial charge on any atom is -0.372 e. The molecule has 108 valence electrons. The van der Waals surface area contributed by atoms with Crippen molar-refractivity contribution in [3.63, 3.8) is 0 Å². The van der Waals surface area contributed by atoms with Crippen LogP contribution in [0.5, 0.6) is 0 Å². The maximum absolute atomic E-state index is 12.9. The molecule has 1 nitrogen and oxygen atoms in total. The van der Waals surface area contributed by atoms with Crippen LogP contribution in [0.2, 0.25) is 0 Å². The van der Waals surface area contributed by atoms with Crippen LogP contribution in [0.25, 0.3) is 0 Å². The van der Waals surface area contributed by atoms with Gasteiger partial charge in [-0.3, -0.25) is 0 Å². The van der Waals surface area contributed by atoms with Gasteiger partial charge in [-0.2, -0.15) is 0 Å². The summed E-state index contributed by atoms with van der Waals surface area (Å²) in [6.45, 7) is 5.25. The molecule has 1 aromatic rings.